The summed E-state index contributed by atoms with van der Waals surface area (Å²) in [5, 5.41) is 17.5. The zero-order valence-electron chi connectivity index (χ0n) is 16.2. The Morgan fingerprint density at radius 1 is 1.14 bits per heavy atom. The first kappa shape index (κ1) is 21.6. The Bertz CT molecular complexity index is 717. The van der Waals surface area contributed by atoms with Crippen LogP contribution in [0.3, 0.4) is 0 Å². The van der Waals surface area contributed by atoms with Crippen LogP contribution in [0.5, 0.6) is 5.75 Å². The summed E-state index contributed by atoms with van der Waals surface area (Å²) >= 11 is 0. The van der Waals surface area contributed by atoms with Crippen LogP contribution in [0.25, 0.3) is 0 Å². The maximum atomic E-state index is 13.8. The number of ether oxygens (including phenoxy) is 1. The van der Waals surface area contributed by atoms with Crippen molar-refractivity contribution in [3.8, 4) is 17.9 Å². The predicted octanol–water partition coefficient (Wildman–Crippen LogP) is 1.61. The smallest absolute Gasteiger partial charge is 0.236 e. The zero-order chi connectivity index (χ0) is 20.4. The van der Waals surface area contributed by atoms with Crippen LogP contribution in [0, 0.1) is 28.5 Å². The third kappa shape index (κ3) is 6.49. The molecule has 0 unspecified atom stereocenters. The van der Waals surface area contributed by atoms with Crippen LogP contribution in [0.15, 0.2) is 18.2 Å². The van der Waals surface area contributed by atoms with Crippen LogP contribution in [0.2, 0.25) is 0 Å². The molecule has 0 spiro atoms. The predicted molar refractivity (Wildman–Crippen MR) is 102 cm³/mol. The molecule has 0 atom stereocenters. The van der Waals surface area contributed by atoms with Crippen LogP contribution < -0.4 is 4.74 Å². The van der Waals surface area contributed by atoms with Crippen molar-refractivity contribution in [2.24, 2.45) is 0 Å². The Balaban J connectivity index is 1.81. The van der Waals surface area contributed by atoms with Crippen molar-refractivity contribution in [2.75, 3.05) is 52.9 Å². The lowest BCUT2D eigenvalue weighted by Crippen LogP contribution is -2.50. The van der Waals surface area contributed by atoms with E-state index in [1.807, 2.05) is 18.2 Å². The number of amides is 1. The Morgan fingerprint density at radius 3 is 2.29 bits per heavy atom. The molecule has 1 aliphatic heterocycles. The molecule has 1 heterocycles. The second-order valence-electron chi connectivity index (χ2n) is 6.72. The minimum atomic E-state index is -0.362. The van der Waals surface area contributed by atoms with Gasteiger partial charge in [0, 0.05) is 45.8 Å². The monoisotopic (exact) mass is 387 g/mol. The molecule has 0 aliphatic carbocycles. The number of carbonyl (C=O) groups is 1. The molecule has 1 aromatic rings. The summed E-state index contributed by atoms with van der Waals surface area (Å²) in [4.78, 5) is 18.4. The molecule has 1 amide bonds. The number of piperazine rings is 1. The molecule has 2 rings (SSSR count). The van der Waals surface area contributed by atoms with Gasteiger partial charge in [0.2, 0.25) is 5.91 Å². The third-order valence-corrected chi connectivity index (χ3v) is 4.79. The number of nitrogens with zero attached hydrogens (tertiary/aromatic N) is 5. The van der Waals surface area contributed by atoms with Crippen LogP contribution in [0.4, 0.5) is 4.39 Å². The molecule has 0 saturated carbocycles. The highest BCUT2D eigenvalue weighted by molar-refractivity contribution is 5.78. The number of benzene rings is 1. The van der Waals surface area contributed by atoms with Crippen LogP contribution in [0.1, 0.15) is 18.4 Å². The largest absolute Gasteiger partial charge is 0.494 e. The lowest BCUT2D eigenvalue weighted by molar-refractivity contribution is -0.132. The van der Waals surface area contributed by atoms with E-state index in [2.05, 4.69) is 9.80 Å². The van der Waals surface area contributed by atoms with Gasteiger partial charge in [0.25, 0.3) is 0 Å². The van der Waals surface area contributed by atoms with Gasteiger partial charge in [-0.25, -0.2) is 4.39 Å². The van der Waals surface area contributed by atoms with Crippen LogP contribution in [-0.4, -0.2) is 73.5 Å². The van der Waals surface area contributed by atoms with Gasteiger partial charge in [0.15, 0.2) is 11.6 Å². The molecule has 0 radical (unpaired) electrons. The topological polar surface area (TPSA) is 83.6 Å². The molecule has 150 valence electrons. The van der Waals surface area contributed by atoms with Gasteiger partial charge in [-0.3, -0.25) is 14.6 Å². The molecule has 1 saturated heterocycles. The highest BCUT2D eigenvalue weighted by atomic mass is 19.1. The molecule has 7 nitrogen and oxygen atoms in total. The second-order valence-corrected chi connectivity index (χ2v) is 6.72. The van der Waals surface area contributed by atoms with E-state index in [9.17, 15) is 9.18 Å². The Hall–Kier alpha value is -2.68. The number of nitriles is 2. The summed E-state index contributed by atoms with van der Waals surface area (Å²) in [6, 6.07) is 9.08. The van der Waals surface area contributed by atoms with E-state index < -0.39 is 0 Å². The molecule has 8 heteroatoms. The van der Waals surface area contributed by atoms with Crippen molar-refractivity contribution < 1.29 is 13.9 Å². The zero-order valence-corrected chi connectivity index (χ0v) is 16.2. The van der Waals surface area contributed by atoms with Crippen molar-refractivity contribution in [3.63, 3.8) is 0 Å². The minimum Gasteiger partial charge on any atom is -0.494 e. The lowest BCUT2D eigenvalue weighted by Gasteiger charge is -2.35. The number of hydrogen-bond acceptors (Lipinski definition) is 6. The highest BCUT2D eigenvalue weighted by Gasteiger charge is 2.22. The Labute approximate surface area is 165 Å². The lowest BCUT2D eigenvalue weighted by atomic mass is 10.2. The number of rotatable bonds is 9. The van der Waals surface area contributed by atoms with E-state index >= 15 is 0 Å². The fourth-order valence-electron chi connectivity index (χ4n) is 3.19. The number of hydrogen-bond donors (Lipinski definition) is 0. The van der Waals surface area contributed by atoms with Gasteiger partial charge in [-0.1, -0.05) is 6.07 Å². The quantitative estimate of drug-likeness (QED) is 0.640. The molecular formula is C20H26FN5O2. The molecular weight excluding hydrogens is 361 g/mol. The van der Waals surface area contributed by atoms with Gasteiger partial charge >= 0.3 is 0 Å². The fraction of sp³-hybridized carbons (Fsp3) is 0.550. The number of carbonyl (C=O) groups excluding carboxylic acids is 1. The average Bonchev–Trinajstić information content (AvgIpc) is 2.69. The summed E-state index contributed by atoms with van der Waals surface area (Å²) in [6.07, 6.45) is 0.534. The van der Waals surface area contributed by atoms with E-state index in [1.54, 1.807) is 11.0 Å². The SMILES string of the molecule is COc1ccc(CN2CCN(CC(=O)N(CCC#N)CCC#N)CC2)cc1F. The summed E-state index contributed by atoms with van der Waals surface area (Å²) in [6.45, 7) is 4.74. The van der Waals surface area contributed by atoms with Crippen LogP contribution in [-0.2, 0) is 11.3 Å². The van der Waals surface area contributed by atoms with E-state index in [0.717, 1.165) is 31.7 Å². The number of halogens is 1. The Morgan fingerprint density at radius 2 is 1.75 bits per heavy atom. The maximum absolute atomic E-state index is 13.8. The van der Waals surface area contributed by atoms with E-state index in [0.29, 0.717) is 26.2 Å². The van der Waals surface area contributed by atoms with Gasteiger partial charge in [-0.2, -0.15) is 10.5 Å². The van der Waals surface area contributed by atoms with Crippen molar-refractivity contribution in [2.45, 2.75) is 19.4 Å². The maximum Gasteiger partial charge on any atom is 0.236 e. The molecule has 1 fully saturated rings. The normalized spacial score (nSPS) is 14.9. The van der Waals surface area contributed by atoms with Crippen molar-refractivity contribution in [1.29, 1.82) is 10.5 Å². The van der Waals surface area contributed by atoms with Crippen molar-refractivity contribution in [3.05, 3.63) is 29.6 Å². The average molecular weight is 387 g/mol. The summed E-state index contributed by atoms with van der Waals surface area (Å²) in [5.41, 5.74) is 0.891. The first-order valence-corrected chi connectivity index (χ1v) is 9.36. The van der Waals surface area contributed by atoms with Crippen LogP contribution >= 0.6 is 0 Å². The van der Waals surface area contributed by atoms with Gasteiger partial charge < -0.3 is 9.64 Å². The molecule has 1 aliphatic rings. The van der Waals surface area contributed by atoms with E-state index in [1.165, 1.54) is 13.2 Å². The third-order valence-electron chi connectivity index (χ3n) is 4.79. The summed E-state index contributed by atoms with van der Waals surface area (Å²) in [5.74, 6) is -0.167. The van der Waals surface area contributed by atoms with Crippen molar-refractivity contribution >= 4 is 5.91 Å². The van der Waals surface area contributed by atoms with E-state index in [4.69, 9.17) is 15.3 Å². The van der Waals surface area contributed by atoms with E-state index in [-0.39, 0.29) is 30.3 Å². The highest BCUT2D eigenvalue weighted by Crippen LogP contribution is 2.19. The molecule has 1 aromatic carbocycles. The molecule has 0 aromatic heterocycles. The molecule has 0 N–H and O–H groups in total. The fourth-order valence-corrected chi connectivity index (χ4v) is 3.19. The standard InChI is InChI=1S/C20H26FN5O2/c1-28-19-5-4-17(14-18(19)21)15-24-10-12-25(13-11-24)16-20(27)26(8-2-6-22)9-3-7-23/h4-5,14H,2-3,8-13,15-16H2,1H3. The minimum absolute atomic E-state index is 0.0452. The van der Waals surface area contributed by atoms with Gasteiger partial charge in [-0.05, 0) is 17.7 Å². The molecule has 28 heavy (non-hydrogen) atoms. The molecule has 0 bridgehead atoms. The first-order valence-electron chi connectivity index (χ1n) is 9.36. The number of methoxy groups -OCH3 is 1. The van der Waals surface area contributed by atoms with Gasteiger partial charge in [0.05, 0.1) is 38.6 Å². The summed E-state index contributed by atoms with van der Waals surface area (Å²) < 4.78 is 18.8. The second kappa shape index (κ2) is 11.2. The Kier molecular flexibility index (Phi) is 8.67. The van der Waals surface area contributed by atoms with Gasteiger partial charge in [-0.15, -0.1) is 0 Å². The van der Waals surface area contributed by atoms with Crippen molar-refractivity contribution in [1.82, 2.24) is 14.7 Å². The van der Waals surface area contributed by atoms with Gasteiger partial charge in [0.1, 0.15) is 0 Å². The summed E-state index contributed by atoms with van der Waals surface area (Å²) in [7, 11) is 1.44. The first-order chi connectivity index (χ1) is 13.6.